The number of rotatable bonds is 2. The van der Waals surface area contributed by atoms with E-state index in [4.69, 9.17) is 148 Å². The maximum absolute atomic E-state index is 14.2. The number of halogens is 12. The van der Waals surface area contributed by atoms with Gasteiger partial charge in [-0.2, -0.15) is 0 Å². The highest BCUT2D eigenvalue weighted by atomic mass is 35.6. The zero-order chi connectivity index (χ0) is 38.5. The van der Waals surface area contributed by atoms with Crippen LogP contribution in [0.2, 0.25) is 0 Å². The van der Waals surface area contributed by atoms with Gasteiger partial charge in [-0.05, 0) is 133 Å². The Kier molecular flexibility index (Phi) is 11.5. The minimum atomic E-state index is -4.95. The lowest BCUT2D eigenvalue weighted by Gasteiger charge is -2.28. The van der Waals surface area contributed by atoms with Gasteiger partial charge in [0.05, 0.1) is 0 Å². The molecule has 282 valence electrons. The maximum atomic E-state index is 14.2. The number of alkyl halides is 12. The van der Waals surface area contributed by atoms with Crippen LogP contribution >= 0.6 is 147 Å². The molecule has 0 bridgehead atoms. The number of hydrogen-bond acceptors (Lipinski definition) is 3. The van der Waals surface area contributed by atoms with Crippen LogP contribution in [-0.2, 0) is 45.4 Å². The molecule has 0 atom stereocenters. The van der Waals surface area contributed by atoms with Crippen molar-refractivity contribution in [2.45, 2.75) is 66.5 Å². The lowest BCUT2D eigenvalue weighted by molar-refractivity contribution is 0.295. The largest absolute Gasteiger partial charge is 0.584 e. The van der Waals surface area contributed by atoms with E-state index in [2.05, 4.69) is 0 Å². The fourth-order valence-corrected chi connectivity index (χ4v) is 9.57. The zero-order valence-electron chi connectivity index (χ0n) is 26.9. The normalized spacial score (nSPS) is 17.1. The predicted octanol–water partition coefficient (Wildman–Crippen LogP) is 15.6. The van der Waals surface area contributed by atoms with E-state index in [-0.39, 0.29) is 33.8 Å². The van der Waals surface area contributed by atoms with Crippen molar-refractivity contribution < 1.29 is 18.5 Å². The van der Waals surface area contributed by atoms with E-state index < -0.39 is 23.0 Å². The van der Waals surface area contributed by atoms with Gasteiger partial charge in [-0.3, -0.25) is 4.89 Å². The number of fused-ring (bicyclic) bond motifs is 7. The average molecular weight is 978 g/mol. The summed E-state index contributed by atoms with van der Waals surface area (Å²) in [6.07, 6.45) is 6.39. The third kappa shape index (κ3) is 8.51. The molecule has 0 saturated heterocycles. The quantitative estimate of drug-likeness (QED) is 0.161. The highest BCUT2D eigenvalue weighted by molar-refractivity contribution is 7.48. The van der Waals surface area contributed by atoms with Crippen LogP contribution in [0.4, 0.5) is 0 Å². The van der Waals surface area contributed by atoms with Gasteiger partial charge >= 0.3 is 7.82 Å². The van der Waals surface area contributed by atoms with Crippen LogP contribution in [0.25, 0.3) is 33.4 Å². The summed E-state index contributed by atoms with van der Waals surface area (Å²) in [6.45, 7) is 0. The molecule has 0 radical (unpaired) electrons. The Morgan fingerprint density at radius 3 is 1.08 bits per heavy atom. The molecule has 4 aromatic carbocycles. The molecule has 7 rings (SSSR count). The number of phosphoric acid groups is 1. The van der Waals surface area contributed by atoms with Crippen molar-refractivity contribution in [3.05, 3.63) is 93.0 Å². The molecule has 53 heavy (non-hydrogen) atoms. The second-order valence-corrected chi connectivity index (χ2v) is 23.6. The molecule has 3 aliphatic rings. The molecular formula is C36H25Cl12O4P. The smallest absolute Gasteiger partial charge is 0.394 e. The van der Waals surface area contributed by atoms with E-state index in [0.29, 0.717) is 46.2 Å². The summed E-state index contributed by atoms with van der Waals surface area (Å²) in [7, 11) is -4.95. The number of hydrogen-bond donors (Lipinski definition) is 1. The molecule has 0 spiro atoms. The summed E-state index contributed by atoms with van der Waals surface area (Å²) in [6, 6.07) is 13.3. The topological polar surface area (TPSA) is 55.8 Å². The molecular weight excluding hydrogens is 953 g/mol. The van der Waals surface area contributed by atoms with E-state index in [1.165, 1.54) is 12.1 Å². The molecule has 17 heteroatoms. The van der Waals surface area contributed by atoms with Crippen LogP contribution in [0, 0.1) is 0 Å². The highest BCUT2D eigenvalue weighted by Crippen LogP contribution is 2.62. The van der Waals surface area contributed by atoms with Gasteiger partial charge in [0.15, 0.2) is 0 Å². The lowest BCUT2D eigenvalue weighted by atomic mass is 9.77. The van der Waals surface area contributed by atoms with Gasteiger partial charge in [0.1, 0.15) is 11.5 Å². The van der Waals surface area contributed by atoms with E-state index >= 15 is 0 Å². The molecule has 0 fully saturated rings. The molecule has 1 heterocycles. The predicted molar refractivity (Wildman–Crippen MR) is 224 cm³/mol. The van der Waals surface area contributed by atoms with Crippen molar-refractivity contribution >= 4 is 147 Å². The van der Waals surface area contributed by atoms with Gasteiger partial charge in [0.2, 0.25) is 15.2 Å². The van der Waals surface area contributed by atoms with E-state index in [1.807, 2.05) is 12.1 Å². The first kappa shape index (κ1) is 41.3. The van der Waals surface area contributed by atoms with Crippen molar-refractivity contribution in [3.63, 3.8) is 0 Å². The summed E-state index contributed by atoms with van der Waals surface area (Å²) >= 11 is 76.6. The molecule has 0 amide bonds. The summed E-state index contributed by atoms with van der Waals surface area (Å²) in [5, 5.41) is 0. The second kappa shape index (κ2) is 14.8. The lowest BCUT2D eigenvalue weighted by Crippen LogP contribution is -2.11. The molecule has 2 aliphatic carbocycles. The fourth-order valence-electron chi connectivity index (χ4n) is 7.39. The van der Waals surface area contributed by atoms with Crippen LogP contribution in [0.3, 0.4) is 0 Å². The summed E-state index contributed by atoms with van der Waals surface area (Å²) in [5.74, 6) is 0.211. The third-order valence-electron chi connectivity index (χ3n) is 9.67. The Balaban J connectivity index is 1.63. The molecule has 4 nitrogen and oxygen atoms in total. The summed E-state index contributed by atoms with van der Waals surface area (Å²) in [5.41, 5.74) is 7.72. The summed E-state index contributed by atoms with van der Waals surface area (Å²) in [4.78, 5) is 11.6. The van der Waals surface area contributed by atoms with Crippen LogP contribution in [-0.4, -0.2) is 4.89 Å². The molecule has 0 saturated carbocycles. The highest BCUT2D eigenvalue weighted by Gasteiger charge is 2.41. The molecule has 0 unspecified atom stereocenters. The summed E-state index contributed by atoms with van der Waals surface area (Å²) < 4.78 is 18.9. The second-order valence-electron chi connectivity index (χ2n) is 13.2. The number of benzene rings is 4. The zero-order valence-corrected chi connectivity index (χ0v) is 36.9. The van der Waals surface area contributed by atoms with Gasteiger partial charge in [-0.15, -0.1) is 0 Å². The first-order chi connectivity index (χ1) is 24.5. The number of aryl methyl sites for hydroxylation is 2. The Bertz CT molecular complexity index is 1980. The van der Waals surface area contributed by atoms with Crippen LogP contribution < -0.4 is 9.05 Å². The molecule has 1 N–H and O–H groups in total. The van der Waals surface area contributed by atoms with Gasteiger partial charge in [0.25, 0.3) is 0 Å². The monoisotopic (exact) mass is 972 g/mol. The first-order valence-corrected chi connectivity index (χ1v) is 22.2. The SMILES string of the molecule is O=P1(O)Oc2c(-c3cc(C(Cl)(Cl)Cl)cc(C(Cl)(Cl)Cl)c3)cc3c(c2-c2c4c(cc(-c5cc(C(Cl)(Cl)Cl)cc(C(Cl)(Cl)Cl)c5)c2O1)CCCC4)CCCC3. The van der Waals surface area contributed by atoms with E-state index in [1.54, 1.807) is 24.3 Å². The Hall–Kier alpha value is 0.150. The van der Waals surface area contributed by atoms with Crippen LogP contribution in [0.5, 0.6) is 11.5 Å². The Morgan fingerprint density at radius 1 is 0.472 bits per heavy atom. The van der Waals surface area contributed by atoms with Crippen molar-refractivity contribution in [3.8, 4) is 44.9 Å². The first-order valence-electron chi connectivity index (χ1n) is 16.2. The standard InChI is InChI=1S/C36H25Cl12O4P/c37-33(38,39)21-9-19(10-22(15-21)34(40,41)42)27-13-17-5-1-3-7-25(17)29-30-26-8-4-2-6-18(26)14-28(32(30)52-53(49,50)51-31(27)29)20-11-23(35(43,44)45)16-24(12-20)36(46,47)48/h9-16H,1-8H2,(H,49,50). The van der Waals surface area contributed by atoms with Gasteiger partial charge < -0.3 is 9.05 Å². The van der Waals surface area contributed by atoms with Crippen molar-refractivity contribution in [2.75, 3.05) is 0 Å². The molecule has 1 aliphatic heterocycles. The van der Waals surface area contributed by atoms with Crippen molar-refractivity contribution in [1.82, 2.24) is 0 Å². The fraction of sp³-hybridized carbons (Fsp3) is 0.333. The Morgan fingerprint density at radius 2 is 0.774 bits per heavy atom. The maximum Gasteiger partial charge on any atom is 0.584 e. The van der Waals surface area contributed by atoms with Gasteiger partial charge in [-0.1, -0.05) is 139 Å². The number of phosphoric ester groups is 1. The average Bonchev–Trinajstić information content (AvgIpc) is 3.18. The van der Waals surface area contributed by atoms with Gasteiger partial charge in [-0.25, -0.2) is 4.57 Å². The third-order valence-corrected chi connectivity index (χ3v) is 13.1. The minimum Gasteiger partial charge on any atom is -0.394 e. The van der Waals surface area contributed by atoms with Crippen molar-refractivity contribution in [2.24, 2.45) is 0 Å². The minimum absolute atomic E-state index is 0.105. The van der Waals surface area contributed by atoms with Crippen LogP contribution in [0.1, 0.15) is 70.2 Å². The van der Waals surface area contributed by atoms with E-state index in [0.717, 1.165) is 60.8 Å². The van der Waals surface area contributed by atoms with E-state index in [9.17, 15) is 9.46 Å². The molecule has 4 aromatic rings. The van der Waals surface area contributed by atoms with Crippen LogP contribution in [0.15, 0.2) is 48.5 Å². The Labute approximate surface area is 366 Å². The molecule has 0 aromatic heterocycles. The van der Waals surface area contributed by atoms with Crippen molar-refractivity contribution in [1.29, 1.82) is 0 Å². The van der Waals surface area contributed by atoms with Gasteiger partial charge in [0, 0.05) is 44.5 Å².